The lowest BCUT2D eigenvalue weighted by atomic mass is 10.1. The number of carbonyl (C=O) groups excluding carboxylic acids is 2. The van der Waals surface area contributed by atoms with Gasteiger partial charge in [-0.3, -0.25) is 14.3 Å². The molecule has 1 aromatic heterocycles. The number of aromatic nitrogens is 2. The Morgan fingerprint density at radius 2 is 2.15 bits per heavy atom. The number of hydrogen-bond donors (Lipinski definition) is 1. The minimum atomic E-state index is -0.316. The second-order valence-electron chi connectivity index (χ2n) is 5.96. The molecule has 1 aliphatic carbocycles. The van der Waals surface area contributed by atoms with Crippen LogP contribution in [0.3, 0.4) is 0 Å². The van der Waals surface area contributed by atoms with E-state index in [4.69, 9.17) is 0 Å². The molecule has 2 fully saturated rings. The lowest BCUT2D eigenvalue weighted by Crippen LogP contribution is -2.58. The van der Waals surface area contributed by atoms with Crippen LogP contribution in [0.2, 0.25) is 0 Å². The fourth-order valence-corrected chi connectivity index (χ4v) is 2.56. The lowest BCUT2D eigenvalue weighted by Gasteiger charge is -2.32. The number of amides is 2. The molecule has 0 radical (unpaired) electrons. The Hall–Kier alpha value is -1.85. The number of rotatable bonds is 4. The summed E-state index contributed by atoms with van der Waals surface area (Å²) in [7, 11) is 0. The van der Waals surface area contributed by atoms with Gasteiger partial charge in [0.15, 0.2) is 0 Å². The highest BCUT2D eigenvalue weighted by Crippen LogP contribution is 2.34. The first-order valence-corrected chi connectivity index (χ1v) is 7.17. The van der Waals surface area contributed by atoms with Gasteiger partial charge in [-0.2, -0.15) is 5.10 Å². The summed E-state index contributed by atoms with van der Waals surface area (Å²) in [6.45, 7) is 4.66. The molecule has 0 spiro atoms. The average molecular weight is 276 g/mol. The fourth-order valence-electron chi connectivity index (χ4n) is 2.56. The molecule has 1 aliphatic heterocycles. The van der Waals surface area contributed by atoms with Crippen LogP contribution in [0.25, 0.3) is 0 Å². The Morgan fingerprint density at radius 3 is 2.75 bits per heavy atom. The first kappa shape index (κ1) is 13.1. The molecular formula is C14H20N4O2. The molecule has 3 rings (SSSR count). The molecule has 0 aromatic carbocycles. The maximum absolute atomic E-state index is 12.4. The van der Waals surface area contributed by atoms with E-state index in [9.17, 15) is 9.59 Å². The molecule has 1 saturated carbocycles. The summed E-state index contributed by atoms with van der Waals surface area (Å²) in [6, 6.07) is 1.89. The van der Waals surface area contributed by atoms with E-state index in [1.54, 1.807) is 4.90 Å². The van der Waals surface area contributed by atoms with Crippen LogP contribution in [-0.2, 0) is 16.1 Å². The normalized spacial score (nSPS) is 23.4. The Balaban J connectivity index is 1.71. The van der Waals surface area contributed by atoms with Gasteiger partial charge in [-0.1, -0.05) is 0 Å². The van der Waals surface area contributed by atoms with Crippen molar-refractivity contribution in [3.63, 3.8) is 0 Å². The summed E-state index contributed by atoms with van der Waals surface area (Å²) >= 11 is 0. The van der Waals surface area contributed by atoms with Crippen LogP contribution in [0.4, 0.5) is 0 Å². The van der Waals surface area contributed by atoms with E-state index in [2.05, 4.69) is 24.3 Å². The van der Waals surface area contributed by atoms with E-state index in [0.29, 0.717) is 18.5 Å². The first-order chi connectivity index (χ1) is 9.54. The smallest absolute Gasteiger partial charge is 0.246 e. The second-order valence-corrected chi connectivity index (χ2v) is 5.96. The molecule has 1 atom stereocenters. The standard InChI is InChI=1S/C14H20N4O2/c1-9(2)18-6-5-11(16-18)7-17-8-12(19)15-13(14(17)20)10-3-4-10/h5-6,9-10,13H,3-4,7-8H2,1-2H3,(H,15,19). The third-order valence-corrected chi connectivity index (χ3v) is 3.87. The highest BCUT2D eigenvalue weighted by Gasteiger charge is 2.42. The summed E-state index contributed by atoms with van der Waals surface area (Å²) in [5, 5.41) is 7.25. The van der Waals surface area contributed by atoms with E-state index in [1.165, 1.54) is 0 Å². The van der Waals surface area contributed by atoms with E-state index in [0.717, 1.165) is 18.5 Å². The van der Waals surface area contributed by atoms with Gasteiger partial charge in [0.25, 0.3) is 0 Å². The first-order valence-electron chi connectivity index (χ1n) is 7.17. The van der Waals surface area contributed by atoms with E-state index in [1.807, 2.05) is 16.9 Å². The number of hydrogen-bond acceptors (Lipinski definition) is 3. The maximum Gasteiger partial charge on any atom is 0.246 e. The Morgan fingerprint density at radius 1 is 1.40 bits per heavy atom. The number of piperazine rings is 1. The molecule has 108 valence electrons. The van der Waals surface area contributed by atoms with Gasteiger partial charge in [-0.15, -0.1) is 0 Å². The van der Waals surface area contributed by atoms with E-state index in [-0.39, 0.29) is 24.4 Å². The quantitative estimate of drug-likeness (QED) is 0.880. The van der Waals surface area contributed by atoms with Gasteiger partial charge in [-0.25, -0.2) is 0 Å². The molecule has 1 saturated heterocycles. The van der Waals surface area contributed by atoms with Crippen molar-refractivity contribution in [2.75, 3.05) is 6.54 Å². The molecule has 6 heteroatoms. The Kier molecular flexibility index (Phi) is 3.23. The van der Waals surface area contributed by atoms with Crippen LogP contribution in [0.1, 0.15) is 38.4 Å². The molecule has 1 aromatic rings. The molecule has 20 heavy (non-hydrogen) atoms. The highest BCUT2D eigenvalue weighted by atomic mass is 16.2. The van der Waals surface area contributed by atoms with Crippen molar-refractivity contribution in [3.8, 4) is 0 Å². The van der Waals surface area contributed by atoms with Gasteiger partial charge in [0, 0.05) is 12.2 Å². The van der Waals surface area contributed by atoms with Gasteiger partial charge in [0.1, 0.15) is 12.6 Å². The van der Waals surface area contributed by atoms with Crippen LogP contribution in [-0.4, -0.2) is 39.1 Å². The maximum atomic E-state index is 12.4. The van der Waals surface area contributed by atoms with Gasteiger partial charge in [-0.05, 0) is 38.7 Å². The summed E-state index contributed by atoms with van der Waals surface area (Å²) in [5.41, 5.74) is 0.830. The summed E-state index contributed by atoms with van der Waals surface area (Å²) in [5.74, 6) is 0.304. The predicted octanol–water partition coefficient (Wildman–Crippen LogP) is 0.701. The van der Waals surface area contributed by atoms with Crippen molar-refractivity contribution in [2.45, 2.75) is 45.3 Å². The predicted molar refractivity (Wildman–Crippen MR) is 72.7 cm³/mol. The molecule has 1 N–H and O–H groups in total. The number of nitrogens with one attached hydrogen (secondary N) is 1. The van der Waals surface area contributed by atoms with Gasteiger partial charge in [0.2, 0.25) is 11.8 Å². The topological polar surface area (TPSA) is 67.2 Å². The van der Waals surface area contributed by atoms with Crippen LogP contribution < -0.4 is 5.32 Å². The largest absolute Gasteiger partial charge is 0.342 e. The molecular weight excluding hydrogens is 256 g/mol. The van der Waals surface area contributed by atoms with Crippen molar-refractivity contribution in [3.05, 3.63) is 18.0 Å². The van der Waals surface area contributed by atoms with E-state index >= 15 is 0 Å². The molecule has 2 aliphatic rings. The SMILES string of the molecule is CC(C)n1ccc(CN2CC(=O)NC(C3CC3)C2=O)n1. The second kappa shape index (κ2) is 4.92. The van der Waals surface area contributed by atoms with Crippen molar-refractivity contribution in [1.82, 2.24) is 20.0 Å². The van der Waals surface area contributed by atoms with Gasteiger partial charge >= 0.3 is 0 Å². The van der Waals surface area contributed by atoms with Gasteiger partial charge in [0.05, 0.1) is 12.2 Å². The highest BCUT2D eigenvalue weighted by molar-refractivity contribution is 5.95. The zero-order valence-electron chi connectivity index (χ0n) is 11.9. The van der Waals surface area contributed by atoms with Crippen molar-refractivity contribution < 1.29 is 9.59 Å². The number of nitrogens with zero attached hydrogens (tertiary/aromatic N) is 3. The molecule has 2 heterocycles. The zero-order valence-corrected chi connectivity index (χ0v) is 11.9. The van der Waals surface area contributed by atoms with Crippen molar-refractivity contribution >= 4 is 11.8 Å². The van der Waals surface area contributed by atoms with Crippen LogP contribution in [0.5, 0.6) is 0 Å². The van der Waals surface area contributed by atoms with Gasteiger partial charge < -0.3 is 10.2 Å². The van der Waals surface area contributed by atoms with Crippen molar-refractivity contribution in [2.24, 2.45) is 5.92 Å². The summed E-state index contributed by atoms with van der Waals surface area (Å²) < 4.78 is 1.86. The minimum absolute atomic E-state index is 0.0335. The fraction of sp³-hybridized carbons (Fsp3) is 0.643. The molecule has 1 unspecified atom stereocenters. The molecule has 0 bridgehead atoms. The lowest BCUT2D eigenvalue weighted by molar-refractivity contribution is -0.145. The molecule has 6 nitrogen and oxygen atoms in total. The van der Waals surface area contributed by atoms with Crippen LogP contribution in [0, 0.1) is 5.92 Å². The minimum Gasteiger partial charge on any atom is -0.342 e. The molecule has 2 amide bonds. The van der Waals surface area contributed by atoms with Crippen LogP contribution in [0.15, 0.2) is 12.3 Å². The van der Waals surface area contributed by atoms with Crippen LogP contribution >= 0.6 is 0 Å². The average Bonchev–Trinajstić information content (AvgIpc) is 3.12. The van der Waals surface area contributed by atoms with E-state index < -0.39 is 0 Å². The van der Waals surface area contributed by atoms with Crippen molar-refractivity contribution in [1.29, 1.82) is 0 Å². The Bertz CT molecular complexity index is 533. The third kappa shape index (κ3) is 2.55. The number of carbonyl (C=O) groups is 2. The monoisotopic (exact) mass is 276 g/mol. The zero-order chi connectivity index (χ0) is 14.3. The third-order valence-electron chi connectivity index (χ3n) is 3.87. The summed E-state index contributed by atoms with van der Waals surface area (Å²) in [6.07, 6.45) is 3.98. The Labute approximate surface area is 118 Å². The summed E-state index contributed by atoms with van der Waals surface area (Å²) in [4.78, 5) is 25.7.